The smallest absolute Gasteiger partial charge is 0.222 e. The largest absolute Gasteiger partial charge is 0.368 e. The Labute approximate surface area is 109 Å². The van der Waals surface area contributed by atoms with Gasteiger partial charge in [0.05, 0.1) is 17.2 Å². The molecule has 0 amide bonds. The molecule has 3 aromatic rings. The third-order valence-corrected chi connectivity index (χ3v) is 2.78. The van der Waals surface area contributed by atoms with E-state index in [0.717, 1.165) is 11.0 Å². The molecule has 0 bridgehead atoms. The average molecular weight is 254 g/mol. The minimum atomic E-state index is -0.325. The van der Waals surface area contributed by atoms with E-state index in [9.17, 15) is 4.39 Å². The summed E-state index contributed by atoms with van der Waals surface area (Å²) in [7, 11) is 0. The van der Waals surface area contributed by atoms with E-state index in [1.165, 1.54) is 17.0 Å². The van der Waals surface area contributed by atoms with Gasteiger partial charge in [-0.1, -0.05) is 30.3 Å². The van der Waals surface area contributed by atoms with Crippen molar-refractivity contribution in [3.05, 3.63) is 59.9 Å². The average Bonchev–Trinajstić information content (AvgIpc) is 2.74. The molecule has 0 aliphatic carbocycles. The van der Waals surface area contributed by atoms with Gasteiger partial charge in [-0.2, -0.15) is 9.78 Å². The zero-order chi connectivity index (χ0) is 13.2. The van der Waals surface area contributed by atoms with Crippen LogP contribution in [-0.2, 0) is 0 Å². The first-order valence-corrected chi connectivity index (χ1v) is 5.77. The van der Waals surface area contributed by atoms with Gasteiger partial charge in [0, 0.05) is 5.56 Å². The number of hydrogen-bond donors (Lipinski definition) is 1. The lowest BCUT2D eigenvalue weighted by atomic mass is 10.2. The number of para-hydroxylation sites is 2. The third-order valence-electron chi connectivity index (χ3n) is 2.78. The quantitative estimate of drug-likeness (QED) is 0.715. The molecule has 1 heterocycles. The van der Waals surface area contributed by atoms with Crippen molar-refractivity contribution >= 4 is 23.2 Å². The number of nitrogens with zero attached hydrogens (tertiary/aromatic N) is 3. The first kappa shape index (κ1) is 11.4. The molecule has 94 valence electrons. The highest BCUT2D eigenvalue weighted by molar-refractivity contribution is 5.82. The first-order valence-electron chi connectivity index (χ1n) is 5.77. The van der Waals surface area contributed by atoms with E-state index in [0.29, 0.717) is 5.56 Å². The summed E-state index contributed by atoms with van der Waals surface area (Å²) in [5.74, 6) is -0.0527. The van der Waals surface area contributed by atoms with Crippen molar-refractivity contribution in [2.24, 2.45) is 5.10 Å². The van der Waals surface area contributed by atoms with E-state index >= 15 is 0 Å². The number of nitrogen functional groups attached to an aromatic ring is 1. The van der Waals surface area contributed by atoms with Crippen LogP contribution in [0.1, 0.15) is 5.56 Å². The molecule has 19 heavy (non-hydrogen) atoms. The molecule has 0 aliphatic rings. The fourth-order valence-corrected chi connectivity index (χ4v) is 1.85. The van der Waals surface area contributed by atoms with Crippen LogP contribution in [0.4, 0.5) is 10.3 Å². The highest BCUT2D eigenvalue weighted by Crippen LogP contribution is 2.17. The van der Waals surface area contributed by atoms with Gasteiger partial charge in [-0.3, -0.25) is 0 Å². The molecule has 0 aliphatic heterocycles. The van der Waals surface area contributed by atoms with Crippen molar-refractivity contribution < 1.29 is 4.39 Å². The second kappa shape index (κ2) is 4.53. The Morgan fingerprint density at radius 1 is 1.11 bits per heavy atom. The molecule has 4 nitrogen and oxygen atoms in total. The van der Waals surface area contributed by atoms with E-state index in [4.69, 9.17) is 5.73 Å². The van der Waals surface area contributed by atoms with Crippen LogP contribution in [-0.4, -0.2) is 15.9 Å². The van der Waals surface area contributed by atoms with E-state index in [1.807, 2.05) is 24.3 Å². The predicted molar refractivity (Wildman–Crippen MR) is 73.5 cm³/mol. The number of hydrogen-bond acceptors (Lipinski definition) is 3. The topological polar surface area (TPSA) is 56.2 Å². The van der Waals surface area contributed by atoms with Crippen LogP contribution in [0.15, 0.2) is 53.6 Å². The molecule has 0 radical (unpaired) electrons. The molecule has 2 aromatic carbocycles. The third kappa shape index (κ3) is 2.06. The molecule has 0 unspecified atom stereocenters. The van der Waals surface area contributed by atoms with Crippen molar-refractivity contribution in [3.8, 4) is 0 Å². The van der Waals surface area contributed by atoms with E-state index < -0.39 is 0 Å². The number of rotatable bonds is 2. The second-order valence-electron chi connectivity index (χ2n) is 4.04. The summed E-state index contributed by atoms with van der Waals surface area (Å²) >= 11 is 0. The number of imidazole rings is 1. The fraction of sp³-hybridized carbons (Fsp3) is 0. The number of anilines is 1. The Kier molecular flexibility index (Phi) is 2.72. The second-order valence-corrected chi connectivity index (χ2v) is 4.04. The number of halogens is 1. The molecule has 0 atom stereocenters. The zero-order valence-electron chi connectivity index (χ0n) is 9.99. The van der Waals surface area contributed by atoms with E-state index in [2.05, 4.69) is 10.1 Å². The van der Waals surface area contributed by atoms with Gasteiger partial charge in [-0.25, -0.2) is 9.37 Å². The van der Waals surface area contributed by atoms with Gasteiger partial charge in [-0.15, -0.1) is 0 Å². The summed E-state index contributed by atoms with van der Waals surface area (Å²) in [4.78, 5) is 4.18. The lowest BCUT2D eigenvalue weighted by Gasteiger charge is -1.99. The highest BCUT2D eigenvalue weighted by Gasteiger charge is 2.05. The highest BCUT2D eigenvalue weighted by atomic mass is 19.1. The lowest BCUT2D eigenvalue weighted by Crippen LogP contribution is -1.98. The maximum Gasteiger partial charge on any atom is 0.222 e. The maximum atomic E-state index is 13.5. The number of benzene rings is 2. The van der Waals surface area contributed by atoms with Crippen LogP contribution in [0.25, 0.3) is 11.0 Å². The first-order chi connectivity index (χ1) is 9.25. The summed E-state index contributed by atoms with van der Waals surface area (Å²) in [6.07, 6.45) is 1.43. The molecule has 0 spiro atoms. The Bertz CT molecular complexity index is 761. The van der Waals surface area contributed by atoms with Gasteiger partial charge in [0.1, 0.15) is 5.82 Å². The van der Waals surface area contributed by atoms with Gasteiger partial charge in [-0.05, 0) is 18.2 Å². The van der Waals surface area contributed by atoms with Gasteiger partial charge in [0.2, 0.25) is 5.95 Å². The van der Waals surface area contributed by atoms with Gasteiger partial charge in [0.25, 0.3) is 0 Å². The van der Waals surface area contributed by atoms with E-state index in [-0.39, 0.29) is 11.8 Å². The van der Waals surface area contributed by atoms with Crippen molar-refractivity contribution in [2.75, 3.05) is 5.73 Å². The molecule has 0 saturated heterocycles. The maximum absolute atomic E-state index is 13.5. The van der Waals surface area contributed by atoms with Gasteiger partial charge < -0.3 is 5.73 Å². The Balaban J connectivity index is 2.06. The normalized spacial score (nSPS) is 11.4. The monoisotopic (exact) mass is 254 g/mol. The summed E-state index contributed by atoms with van der Waals surface area (Å²) in [5, 5.41) is 4.19. The van der Waals surface area contributed by atoms with Crippen molar-refractivity contribution in [1.29, 1.82) is 0 Å². The van der Waals surface area contributed by atoms with Crippen molar-refractivity contribution in [3.63, 3.8) is 0 Å². The minimum Gasteiger partial charge on any atom is -0.368 e. The predicted octanol–water partition coefficient (Wildman–Crippen LogP) is 2.64. The minimum absolute atomic E-state index is 0.272. The van der Waals surface area contributed by atoms with Crippen LogP contribution in [0, 0.1) is 5.82 Å². The summed E-state index contributed by atoms with van der Waals surface area (Å²) in [5.41, 5.74) is 7.74. The summed E-state index contributed by atoms with van der Waals surface area (Å²) in [6.45, 7) is 0. The lowest BCUT2D eigenvalue weighted by molar-refractivity contribution is 0.625. The molecule has 1 aromatic heterocycles. The SMILES string of the molecule is Nc1nc2ccccc2n1/N=C/c1ccccc1F. The Morgan fingerprint density at radius 2 is 1.84 bits per heavy atom. The molecule has 0 fully saturated rings. The van der Waals surface area contributed by atoms with E-state index in [1.54, 1.807) is 18.2 Å². The van der Waals surface area contributed by atoms with Crippen LogP contribution in [0.3, 0.4) is 0 Å². The summed E-state index contributed by atoms with van der Waals surface area (Å²) < 4.78 is 15.0. The van der Waals surface area contributed by atoms with Crippen molar-refractivity contribution in [1.82, 2.24) is 9.66 Å². The standard InChI is InChI=1S/C14H11FN4/c15-11-6-2-1-5-10(11)9-17-19-13-8-4-3-7-12(13)18-14(19)16/h1-9H,(H2,16,18)/b17-9+. The van der Waals surface area contributed by atoms with Gasteiger partial charge >= 0.3 is 0 Å². The summed E-state index contributed by atoms with van der Waals surface area (Å²) in [6, 6.07) is 13.9. The Morgan fingerprint density at radius 3 is 2.68 bits per heavy atom. The molecule has 3 rings (SSSR count). The van der Waals surface area contributed by atoms with Crippen LogP contribution >= 0.6 is 0 Å². The molecular weight excluding hydrogens is 243 g/mol. The molecular formula is C14H11FN4. The van der Waals surface area contributed by atoms with Gasteiger partial charge in [0.15, 0.2) is 0 Å². The molecule has 2 N–H and O–H groups in total. The fourth-order valence-electron chi connectivity index (χ4n) is 1.85. The molecule has 5 heteroatoms. The van der Waals surface area contributed by atoms with Crippen LogP contribution in [0.5, 0.6) is 0 Å². The zero-order valence-corrected chi connectivity index (χ0v) is 9.99. The molecule has 0 saturated carbocycles. The van der Waals surface area contributed by atoms with Crippen LogP contribution in [0.2, 0.25) is 0 Å². The van der Waals surface area contributed by atoms with Crippen molar-refractivity contribution in [2.45, 2.75) is 0 Å². The van der Waals surface area contributed by atoms with Crippen LogP contribution < -0.4 is 5.73 Å². The number of nitrogens with two attached hydrogens (primary N) is 1. The number of fused-ring (bicyclic) bond motifs is 1. The number of aromatic nitrogens is 2. The Hall–Kier alpha value is -2.69.